The fourth-order valence-electron chi connectivity index (χ4n) is 2.76. The van der Waals surface area contributed by atoms with E-state index in [2.05, 4.69) is 72.7 Å². The third-order valence-electron chi connectivity index (χ3n) is 3.84. The molecule has 0 aliphatic rings. The Kier molecular flexibility index (Phi) is 3.98. The van der Waals surface area contributed by atoms with Crippen LogP contribution in [0.1, 0.15) is 29.8 Å². The van der Waals surface area contributed by atoms with Crippen LogP contribution in [-0.2, 0) is 0 Å². The molecule has 3 aromatic rings. The number of rotatable bonds is 4. The van der Waals surface area contributed by atoms with Gasteiger partial charge in [-0.25, -0.2) is 0 Å². The van der Waals surface area contributed by atoms with Crippen LogP contribution >= 0.6 is 0 Å². The van der Waals surface area contributed by atoms with Crippen molar-refractivity contribution < 1.29 is 0 Å². The number of benzene rings is 2. The van der Waals surface area contributed by atoms with E-state index in [1.807, 2.05) is 12.3 Å². The molecule has 0 fully saturated rings. The van der Waals surface area contributed by atoms with Gasteiger partial charge in [-0.05, 0) is 47.5 Å². The number of hydrogen-bond acceptors (Lipinski definition) is 2. The van der Waals surface area contributed by atoms with Gasteiger partial charge in [0.15, 0.2) is 0 Å². The van der Waals surface area contributed by atoms with Crippen LogP contribution in [0.2, 0.25) is 0 Å². The highest BCUT2D eigenvalue weighted by Crippen LogP contribution is 2.26. The van der Waals surface area contributed by atoms with E-state index in [4.69, 9.17) is 0 Å². The number of nitrogens with zero attached hydrogens (tertiary/aromatic N) is 1. The summed E-state index contributed by atoms with van der Waals surface area (Å²) in [7, 11) is 0. The molecule has 106 valence electrons. The molecule has 1 unspecified atom stereocenters. The molecule has 3 rings (SSSR count). The Bertz CT molecular complexity index is 749. The van der Waals surface area contributed by atoms with Crippen molar-refractivity contribution in [3.63, 3.8) is 0 Å². The molecule has 1 N–H and O–H groups in total. The van der Waals surface area contributed by atoms with Gasteiger partial charge in [0.05, 0.1) is 11.7 Å². The summed E-state index contributed by atoms with van der Waals surface area (Å²) in [5, 5.41) is 6.10. The van der Waals surface area contributed by atoms with Gasteiger partial charge < -0.3 is 5.32 Å². The van der Waals surface area contributed by atoms with Gasteiger partial charge in [-0.2, -0.15) is 0 Å². The summed E-state index contributed by atoms with van der Waals surface area (Å²) in [6, 6.07) is 19.4. The molecule has 0 aliphatic carbocycles. The maximum atomic E-state index is 4.59. The lowest BCUT2D eigenvalue weighted by atomic mass is 9.97. The molecule has 0 saturated heterocycles. The van der Waals surface area contributed by atoms with Crippen molar-refractivity contribution in [2.24, 2.45) is 0 Å². The van der Waals surface area contributed by atoms with E-state index in [1.54, 1.807) is 0 Å². The normalized spacial score (nSPS) is 12.5. The van der Waals surface area contributed by atoms with Gasteiger partial charge >= 0.3 is 0 Å². The first-order chi connectivity index (χ1) is 10.3. The zero-order valence-corrected chi connectivity index (χ0v) is 12.5. The van der Waals surface area contributed by atoms with Crippen molar-refractivity contribution in [2.45, 2.75) is 19.9 Å². The van der Waals surface area contributed by atoms with Crippen molar-refractivity contribution in [2.75, 3.05) is 6.54 Å². The molecule has 0 saturated carbocycles. The lowest BCUT2D eigenvalue weighted by molar-refractivity contribution is 0.612. The van der Waals surface area contributed by atoms with E-state index in [0.29, 0.717) is 0 Å². The monoisotopic (exact) mass is 276 g/mol. The third kappa shape index (κ3) is 2.81. The number of aromatic nitrogens is 1. The van der Waals surface area contributed by atoms with Gasteiger partial charge in [0.2, 0.25) is 0 Å². The first-order valence-electron chi connectivity index (χ1n) is 7.43. The van der Waals surface area contributed by atoms with Crippen LogP contribution in [0.25, 0.3) is 10.8 Å². The van der Waals surface area contributed by atoms with E-state index in [9.17, 15) is 0 Å². The predicted molar refractivity (Wildman–Crippen MR) is 88.4 cm³/mol. The second-order valence-electron chi connectivity index (χ2n) is 5.30. The zero-order valence-electron chi connectivity index (χ0n) is 12.5. The van der Waals surface area contributed by atoms with Crippen molar-refractivity contribution in [1.29, 1.82) is 0 Å². The molecule has 0 amide bonds. The van der Waals surface area contributed by atoms with Crippen LogP contribution < -0.4 is 5.32 Å². The second-order valence-corrected chi connectivity index (χ2v) is 5.30. The number of fused-ring (bicyclic) bond motifs is 1. The smallest absolute Gasteiger partial charge is 0.0754 e. The molecule has 21 heavy (non-hydrogen) atoms. The van der Waals surface area contributed by atoms with E-state index in [0.717, 1.165) is 12.2 Å². The Morgan fingerprint density at radius 2 is 1.81 bits per heavy atom. The number of pyridine rings is 1. The molecule has 1 atom stereocenters. The lowest BCUT2D eigenvalue weighted by Crippen LogP contribution is -2.23. The maximum Gasteiger partial charge on any atom is 0.0754 e. The Labute approximate surface area is 125 Å². The highest BCUT2D eigenvalue weighted by molar-refractivity contribution is 5.83. The minimum atomic E-state index is 0.140. The third-order valence-corrected chi connectivity index (χ3v) is 3.84. The Morgan fingerprint density at radius 1 is 1.00 bits per heavy atom. The van der Waals surface area contributed by atoms with Crippen molar-refractivity contribution in [3.05, 3.63) is 77.6 Å². The molecule has 2 heteroatoms. The summed E-state index contributed by atoms with van der Waals surface area (Å²) in [6.45, 7) is 5.16. The van der Waals surface area contributed by atoms with Crippen LogP contribution in [0.3, 0.4) is 0 Å². The highest BCUT2D eigenvalue weighted by atomic mass is 14.9. The standard InChI is InChI=1S/C19H20N2/c1-3-20-19(18-14(2)7-6-12-21-18)17-11-10-15-8-4-5-9-16(15)13-17/h4-13,19-20H,3H2,1-2H3. The molecular formula is C19H20N2. The number of nitrogens with one attached hydrogen (secondary N) is 1. The summed E-state index contributed by atoms with van der Waals surface area (Å²) in [6.07, 6.45) is 1.87. The van der Waals surface area contributed by atoms with Crippen LogP contribution in [0, 0.1) is 6.92 Å². The zero-order chi connectivity index (χ0) is 14.7. The Balaban J connectivity index is 2.09. The van der Waals surface area contributed by atoms with Crippen molar-refractivity contribution in [1.82, 2.24) is 10.3 Å². The van der Waals surface area contributed by atoms with Crippen molar-refractivity contribution >= 4 is 10.8 Å². The summed E-state index contributed by atoms with van der Waals surface area (Å²) in [5.74, 6) is 0. The molecule has 2 aromatic carbocycles. The first kappa shape index (κ1) is 13.8. The van der Waals surface area contributed by atoms with E-state index in [-0.39, 0.29) is 6.04 Å². The fourth-order valence-corrected chi connectivity index (χ4v) is 2.76. The van der Waals surface area contributed by atoms with Crippen LogP contribution in [0.15, 0.2) is 60.8 Å². The summed E-state index contributed by atoms with van der Waals surface area (Å²) >= 11 is 0. The van der Waals surface area contributed by atoms with Gasteiger partial charge in [0.1, 0.15) is 0 Å². The van der Waals surface area contributed by atoms with Crippen LogP contribution in [-0.4, -0.2) is 11.5 Å². The quantitative estimate of drug-likeness (QED) is 0.771. The first-order valence-corrected chi connectivity index (χ1v) is 7.43. The molecular weight excluding hydrogens is 256 g/mol. The molecule has 1 aromatic heterocycles. The Hall–Kier alpha value is -2.19. The molecule has 0 spiro atoms. The van der Waals surface area contributed by atoms with Crippen LogP contribution in [0.5, 0.6) is 0 Å². The highest BCUT2D eigenvalue weighted by Gasteiger charge is 2.16. The SMILES string of the molecule is CCNC(c1ccc2ccccc2c1)c1ncccc1C. The predicted octanol–water partition coefficient (Wildman–Crippen LogP) is 4.24. The van der Waals surface area contributed by atoms with Gasteiger partial charge in [-0.15, -0.1) is 0 Å². The summed E-state index contributed by atoms with van der Waals surface area (Å²) < 4.78 is 0. The molecule has 0 aliphatic heterocycles. The van der Waals surface area contributed by atoms with Gasteiger partial charge in [-0.3, -0.25) is 4.98 Å². The summed E-state index contributed by atoms with van der Waals surface area (Å²) in [5.41, 5.74) is 3.59. The van der Waals surface area contributed by atoms with E-state index >= 15 is 0 Å². The second kappa shape index (κ2) is 6.06. The van der Waals surface area contributed by atoms with Gasteiger partial charge in [0.25, 0.3) is 0 Å². The van der Waals surface area contributed by atoms with E-state index in [1.165, 1.54) is 21.9 Å². The van der Waals surface area contributed by atoms with Gasteiger partial charge in [-0.1, -0.05) is 49.4 Å². The maximum absolute atomic E-state index is 4.59. The molecule has 0 bridgehead atoms. The summed E-state index contributed by atoms with van der Waals surface area (Å²) in [4.78, 5) is 4.59. The lowest BCUT2D eigenvalue weighted by Gasteiger charge is -2.20. The number of hydrogen-bond donors (Lipinski definition) is 1. The minimum Gasteiger partial charge on any atom is -0.305 e. The van der Waals surface area contributed by atoms with Crippen molar-refractivity contribution in [3.8, 4) is 0 Å². The minimum absolute atomic E-state index is 0.140. The topological polar surface area (TPSA) is 24.9 Å². The molecule has 1 heterocycles. The van der Waals surface area contributed by atoms with Gasteiger partial charge in [0, 0.05) is 6.20 Å². The van der Waals surface area contributed by atoms with Crippen LogP contribution in [0.4, 0.5) is 0 Å². The average Bonchev–Trinajstić information content (AvgIpc) is 2.53. The van der Waals surface area contributed by atoms with E-state index < -0.39 is 0 Å². The number of aryl methyl sites for hydroxylation is 1. The Morgan fingerprint density at radius 3 is 2.57 bits per heavy atom. The largest absolute Gasteiger partial charge is 0.305 e. The average molecular weight is 276 g/mol. The fraction of sp³-hybridized carbons (Fsp3) is 0.211. The molecule has 0 radical (unpaired) electrons. The molecule has 2 nitrogen and oxygen atoms in total.